The highest BCUT2D eigenvalue weighted by Gasteiger charge is 2.07. The Morgan fingerprint density at radius 3 is 2.75 bits per heavy atom. The molecule has 0 bridgehead atoms. The third kappa shape index (κ3) is 5.55. The molecule has 0 saturated heterocycles. The van der Waals surface area contributed by atoms with E-state index in [0.717, 1.165) is 25.3 Å². The lowest BCUT2D eigenvalue weighted by atomic mass is 10.2. The molecule has 128 valence electrons. The van der Waals surface area contributed by atoms with E-state index in [1.165, 1.54) is 0 Å². The number of methoxy groups -OCH3 is 1. The van der Waals surface area contributed by atoms with E-state index in [2.05, 4.69) is 20.5 Å². The van der Waals surface area contributed by atoms with Gasteiger partial charge < -0.3 is 20.3 Å². The number of amides is 1. The lowest BCUT2D eigenvalue weighted by Crippen LogP contribution is -2.17. The molecule has 1 aromatic heterocycles. The molecule has 1 heterocycles. The Hall–Kier alpha value is -2.60. The van der Waals surface area contributed by atoms with E-state index in [-0.39, 0.29) is 5.91 Å². The third-order valence-electron chi connectivity index (χ3n) is 3.44. The molecule has 0 spiro atoms. The van der Waals surface area contributed by atoms with Gasteiger partial charge in [0.25, 0.3) is 5.91 Å². The van der Waals surface area contributed by atoms with Crippen molar-refractivity contribution in [2.45, 2.75) is 6.42 Å². The first kappa shape index (κ1) is 17.7. The number of hydrogen-bond donors (Lipinski definition) is 2. The predicted octanol–water partition coefficient (Wildman–Crippen LogP) is 2.71. The lowest BCUT2D eigenvalue weighted by molar-refractivity contribution is 0.102. The van der Waals surface area contributed by atoms with Crippen LogP contribution in [0.3, 0.4) is 0 Å². The maximum Gasteiger partial charge on any atom is 0.257 e. The summed E-state index contributed by atoms with van der Waals surface area (Å²) >= 11 is 0. The van der Waals surface area contributed by atoms with E-state index in [0.29, 0.717) is 17.0 Å². The van der Waals surface area contributed by atoms with Crippen LogP contribution in [0.25, 0.3) is 0 Å². The summed E-state index contributed by atoms with van der Waals surface area (Å²) in [5.41, 5.74) is 1.20. The van der Waals surface area contributed by atoms with Crippen LogP contribution >= 0.6 is 0 Å². The van der Waals surface area contributed by atoms with E-state index in [4.69, 9.17) is 4.74 Å². The fourth-order valence-corrected chi connectivity index (χ4v) is 2.15. The first-order chi connectivity index (χ1) is 11.6. The van der Waals surface area contributed by atoms with Crippen LogP contribution in [0.1, 0.15) is 16.8 Å². The molecule has 0 fully saturated rings. The molecule has 0 unspecified atom stereocenters. The fraction of sp³-hybridized carbons (Fsp3) is 0.333. The molecule has 0 aliphatic carbocycles. The number of benzene rings is 1. The van der Waals surface area contributed by atoms with Crippen molar-refractivity contribution in [3.8, 4) is 5.75 Å². The number of anilines is 2. The maximum atomic E-state index is 12.2. The average Bonchev–Trinajstić information content (AvgIpc) is 2.59. The van der Waals surface area contributed by atoms with Gasteiger partial charge in [0, 0.05) is 24.5 Å². The number of pyridine rings is 1. The Morgan fingerprint density at radius 2 is 2.08 bits per heavy atom. The van der Waals surface area contributed by atoms with Crippen molar-refractivity contribution in [2.24, 2.45) is 0 Å². The maximum absolute atomic E-state index is 12.2. The van der Waals surface area contributed by atoms with Gasteiger partial charge in [0.15, 0.2) is 0 Å². The van der Waals surface area contributed by atoms with Crippen molar-refractivity contribution >= 4 is 17.4 Å². The van der Waals surface area contributed by atoms with Crippen LogP contribution in [-0.4, -0.2) is 50.1 Å². The molecule has 2 aromatic rings. The Balaban J connectivity index is 1.88. The Morgan fingerprint density at radius 1 is 1.25 bits per heavy atom. The van der Waals surface area contributed by atoms with Crippen LogP contribution in [0, 0.1) is 0 Å². The Kier molecular flexibility index (Phi) is 6.57. The molecular weight excluding hydrogens is 304 g/mol. The van der Waals surface area contributed by atoms with Crippen molar-refractivity contribution in [3.63, 3.8) is 0 Å². The van der Waals surface area contributed by atoms with E-state index in [1.807, 2.05) is 38.4 Å². The zero-order valence-electron chi connectivity index (χ0n) is 14.4. The number of nitrogens with zero attached hydrogens (tertiary/aromatic N) is 2. The largest absolute Gasteiger partial charge is 0.497 e. The number of carbonyl (C=O) groups is 1. The van der Waals surface area contributed by atoms with Gasteiger partial charge in [-0.15, -0.1) is 0 Å². The van der Waals surface area contributed by atoms with Gasteiger partial charge in [-0.2, -0.15) is 0 Å². The monoisotopic (exact) mass is 328 g/mol. The van der Waals surface area contributed by atoms with Gasteiger partial charge >= 0.3 is 0 Å². The molecule has 2 rings (SSSR count). The van der Waals surface area contributed by atoms with Crippen LogP contribution in [0.15, 0.2) is 42.6 Å². The molecule has 0 aliphatic rings. The molecule has 0 atom stereocenters. The van der Waals surface area contributed by atoms with Gasteiger partial charge in [-0.1, -0.05) is 6.07 Å². The molecule has 6 nitrogen and oxygen atoms in total. The van der Waals surface area contributed by atoms with E-state index < -0.39 is 0 Å². The van der Waals surface area contributed by atoms with Crippen molar-refractivity contribution in [1.29, 1.82) is 0 Å². The minimum Gasteiger partial charge on any atom is -0.497 e. The number of ether oxygens (including phenoxy) is 1. The smallest absolute Gasteiger partial charge is 0.257 e. The summed E-state index contributed by atoms with van der Waals surface area (Å²) in [7, 11) is 5.69. The molecule has 1 amide bonds. The second-order valence-electron chi connectivity index (χ2n) is 5.70. The van der Waals surface area contributed by atoms with Crippen LogP contribution in [0.4, 0.5) is 11.5 Å². The summed E-state index contributed by atoms with van der Waals surface area (Å²) in [4.78, 5) is 18.7. The van der Waals surface area contributed by atoms with Crippen LogP contribution in [0.2, 0.25) is 0 Å². The highest BCUT2D eigenvalue weighted by atomic mass is 16.5. The van der Waals surface area contributed by atoms with E-state index >= 15 is 0 Å². The minimum atomic E-state index is -0.199. The molecule has 0 saturated carbocycles. The number of carbonyl (C=O) groups excluding carboxylic acids is 1. The molecule has 0 radical (unpaired) electrons. The summed E-state index contributed by atoms with van der Waals surface area (Å²) in [6.45, 7) is 1.87. The highest BCUT2D eigenvalue weighted by molar-refractivity contribution is 6.04. The first-order valence-corrected chi connectivity index (χ1v) is 7.88. The number of rotatable bonds is 8. The van der Waals surface area contributed by atoms with E-state index in [1.54, 1.807) is 25.4 Å². The van der Waals surface area contributed by atoms with Gasteiger partial charge in [0.1, 0.15) is 11.6 Å². The molecular formula is C18H24N4O2. The topological polar surface area (TPSA) is 66.5 Å². The Labute approximate surface area is 142 Å². The third-order valence-corrected chi connectivity index (χ3v) is 3.44. The van der Waals surface area contributed by atoms with Gasteiger partial charge in [0.05, 0.1) is 12.7 Å². The fourth-order valence-electron chi connectivity index (χ4n) is 2.15. The Bertz CT molecular complexity index is 656. The summed E-state index contributed by atoms with van der Waals surface area (Å²) in [5.74, 6) is 1.27. The summed E-state index contributed by atoms with van der Waals surface area (Å²) in [5, 5.41) is 6.08. The van der Waals surface area contributed by atoms with Crippen molar-refractivity contribution < 1.29 is 9.53 Å². The van der Waals surface area contributed by atoms with Gasteiger partial charge in [-0.25, -0.2) is 4.98 Å². The van der Waals surface area contributed by atoms with Crippen molar-refractivity contribution in [3.05, 3.63) is 48.2 Å². The van der Waals surface area contributed by atoms with Crippen LogP contribution in [-0.2, 0) is 0 Å². The molecule has 0 aliphatic heterocycles. The first-order valence-electron chi connectivity index (χ1n) is 7.88. The normalized spacial score (nSPS) is 10.5. The van der Waals surface area contributed by atoms with Crippen molar-refractivity contribution in [2.75, 3.05) is 44.9 Å². The molecule has 2 N–H and O–H groups in total. The second-order valence-corrected chi connectivity index (χ2v) is 5.70. The minimum absolute atomic E-state index is 0.199. The number of nitrogens with one attached hydrogen (secondary N) is 2. The molecule has 6 heteroatoms. The van der Waals surface area contributed by atoms with Gasteiger partial charge in [-0.05, 0) is 51.3 Å². The van der Waals surface area contributed by atoms with Crippen molar-refractivity contribution in [1.82, 2.24) is 9.88 Å². The summed E-state index contributed by atoms with van der Waals surface area (Å²) < 4.78 is 5.14. The highest BCUT2D eigenvalue weighted by Crippen LogP contribution is 2.17. The second kappa shape index (κ2) is 8.88. The summed E-state index contributed by atoms with van der Waals surface area (Å²) in [6, 6.07) is 10.8. The predicted molar refractivity (Wildman–Crippen MR) is 96.8 cm³/mol. The SMILES string of the molecule is COc1cccc(NC(=O)c2ccc(NCCCN(C)C)nc2)c1. The molecule has 24 heavy (non-hydrogen) atoms. The van der Waals surface area contributed by atoms with Crippen LogP contribution < -0.4 is 15.4 Å². The average molecular weight is 328 g/mol. The standard InChI is InChI=1S/C18H24N4O2/c1-22(2)11-5-10-19-17-9-8-14(13-20-17)18(23)21-15-6-4-7-16(12-15)24-3/h4,6-9,12-13H,5,10-11H2,1-3H3,(H,19,20)(H,21,23). The van der Waals surface area contributed by atoms with Crippen LogP contribution in [0.5, 0.6) is 5.75 Å². The number of aromatic nitrogens is 1. The van der Waals surface area contributed by atoms with E-state index in [9.17, 15) is 4.79 Å². The zero-order chi connectivity index (χ0) is 17.4. The summed E-state index contributed by atoms with van der Waals surface area (Å²) in [6.07, 6.45) is 2.61. The van der Waals surface area contributed by atoms with Gasteiger partial charge in [0.2, 0.25) is 0 Å². The quantitative estimate of drug-likeness (QED) is 0.729. The lowest BCUT2D eigenvalue weighted by Gasteiger charge is -2.10. The molecule has 1 aromatic carbocycles. The zero-order valence-corrected chi connectivity index (χ0v) is 14.4. The number of hydrogen-bond acceptors (Lipinski definition) is 5. The van der Waals surface area contributed by atoms with Gasteiger partial charge in [-0.3, -0.25) is 4.79 Å².